The number of H-pyrrole nitrogens is 1. The Morgan fingerprint density at radius 3 is 2.96 bits per heavy atom. The van der Waals surface area contributed by atoms with Crippen LogP contribution in [0.3, 0.4) is 0 Å². The van der Waals surface area contributed by atoms with Gasteiger partial charge in [0.05, 0.1) is 34.2 Å². The fraction of sp³-hybridized carbons (Fsp3) is 0.421. The van der Waals surface area contributed by atoms with Gasteiger partial charge in [-0.25, -0.2) is 14.4 Å². The summed E-state index contributed by atoms with van der Waals surface area (Å²) in [5.74, 6) is 0.560. The predicted molar refractivity (Wildman–Crippen MR) is 99.6 cm³/mol. The first-order chi connectivity index (χ1) is 12.5. The van der Waals surface area contributed by atoms with Crippen molar-refractivity contribution in [2.45, 2.75) is 45.6 Å². The molecule has 4 rings (SSSR count). The van der Waals surface area contributed by atoms with Crippen LogP contribution in [0.15, 0.2) is 18.2 Å². The topological polar surface area (TPSA) is 61.9 Å². The largest absolute Gasteiger partial charge is 0.340 e. The van der Waals surface area contributed by atoms with Crippen molar-refractivity contribution >= 4 is 28.3 Å². The van der Waals surface area contributed by atoms with E-state index < -0.39 is 0 Å². The van der Waals surface area contributed by atoms with Crippen molar-refractivity contribution < 1.29 is 9.18 Å². The molecule has 1 atom stereocenters. The minimum atomic E-state index is -0.291. The van der Waals surface area contributed by atoms with E-state index in [4.69, 9.17) is 0 Å². The molecule has 1 saturated heterocycles. The number of aromatic amines is 1. The van der Waals surface area contributed by atoms with E-state index in [0.29, 0.717) is 11.9 Å². The second-order valence-electron chi connectivity index (χ2n) is 6.80. The Hall–Kier alpha value is -2.28. The zero-order chi connectivity index (χ0) is 18.3. The van der Waals surface area contributed by atoms with Crippen molar-refractivity contribution in [1.29, 1.82) is 0 Å². The van der Waals surface area contributed by atoms with Crippen LogP contribution < -0.4 is 0 Å². The van der Waals surface area contributed by atoms with Gasteiger partial charge in [0.15, 0.2) is 0 Å². The number of nitrogens with one attached hydrogen (secondary N) is 1. The fourth-order valence-corrected chi connectivity index (χ4v) is 4.58. The Labute approximate surface area is 155 Å². The number of likely N-dealkylation sites (tertiary alicyclic amines) is 1. The van der Waals surface area contributed by atoms with Crippen LogP contribution in [0.4, 0.5) is 4.39 Å². The number of hydrogen-bond donors (Lipinski definition) is 1. The van der Waals surface area contributed by atoms with Crippen LogP contribution in [-0.4, -0.2) is 32.3 Å². The number of carbonyl (C=O) groups excluding carboxylic acids is 1. The molecule has 1 N–H and O–H groups in total. The first-order valence-electron chi connectivity index (χ1n) is 8.89. The molecule has 1 amide bonds. The Morgan fingerprint density at radius 2 is 2.19 bits per heavy atom. The summed E-state index contributed by atoms with van der Waals surface area (Å²) in [4.78, 5) is 28.2. The summed E-state index contributed by atoms with van der Waals surface area (Å²) in [5.41, 5.74) is 2.34. The van der Waals surface area contributed by atoms with Crippen LogP contribution in [0.2, 0.25) is 0 Å². The summed E-state index contributed by atoms with van der Waals surface area (Å²) in [7, 11) is 0. The molecular formula is C19H21FN4OS. The third kappa shape index (κ3) is 3.23. The number of hydrogen-bond acceptors (Lipinski definition) is 4. The van der Waals surface area contributed by atoms with Gasteiger partial charge in [-0.2, -0.15) is 0 Å². The smallest absolute Gasteiger partial charge is 0.228 e. The molecule has 1 aromatic carbocycles. The van der Waals surface area contributed by atoms with Gasteiger partial charge in [0.2, 0.25) is 5.91 Å². The number of aromatic nitrogens is 3. The molecule has 3 aromatic rings. The van der Waals surface area contributed by atoms with E-state index in [1.165, 1.54) is 12.1 Å². The van der Waals surface area contributed by atoms with Gasteiger partial charge >= 0.3 is 0 Å². The van der Waals surface area contributed by atoms with E-state index in [9.17, 15) is 9.18 Å². The molecule has 1 aliphatic heterocycles. The Bertz CT molecular complexity index is 964. The zero-order valence-electron chi connectivity index (χ0n) is 14.9. The molecule has 0 radical (unpaired) electrons. The van der Waals surface area contributed by atoms with E-state index in [0.717, 1.165) is 52.7 Å². The highest BCUT2D eigenvalue weighted by atomic mass is 32.1. The van der Waals surface area contributed by atoms with Crippen LogP contribution in [0, 0.1) is 19.7 Å². The van der Waals surface area contributed by atoms with Crippen molar-refractivity contribution in [3.63, 3.8) is 0 Å². The lowest BCUT2D eigenvalue weighted by Gasteiger charge is -2.34. The molecule has 7 heteroatoms. The molecule has 0 saturated carbocycles. The van der Waals surface area contributed by atoms with Crippen LogP contribution in [0.1, 0.15) is 46.7 Å². The summed E-state index contributed by atoms with van der Waals surface area (Å²) in [6, 6.07) is 4.44. The number of carbonyl (C=O) groups is 1. The summed E-state index contributed by atoms with van der Waals surface area (Å²) in [6.07, 6.45) is 3.30. The third-order valence-corrected chi connectivity index (χ3v) is 5.99. The summed E-state index contributed by atoms with van der Waals surface area (Å²) in [5, 5.41) is 0.986. The average molecular weight is 372 g/mol. The SMILES string of the molecule is Cc1nc(C)c(CC(=O)N2CCCCC2c2nc3ccc(F)cc3[nH]2)s1. The van der Waals surface area contributed by atoms with Gasteiger partial charge in [-0.3, -0.25) is 4.79 Å². The molecule has 0 spiro atoms. The second kappa shape index (κ2) is 6.79. The van der Waals surface area contributed by atoms with Gasteiger partial charge in [-0.15, -0.1) is 11.3 Å². The van der Waals surface area contributed by atoms with Crippen molar-refractivity contribution in [2.75, 3.05) is 6.54 Å². The lowest BCUT2D eigenvalue weighted by atomic mass is 10.0. The standard InChI is InChI=1S/C19H21FN4OS/c1-11-17(26-12(2)21-11)10-18(25)24-8-4-3-5-16(24)19-22-14-7-6-13(20)9-15(14)23-19/h6-7,9,16H,3-5,8,10H2,1-2H3,(H,22,23). The normalized spacial score (nSPS) is 17.8. The fourth-order valence-electron chi connectivity index (χ4n) is 3.65. The Balaban J connectivity index is 1.60. The zero-order valence-corrected chi connectivity index (χ0v) is 15.7. The molecule has 1 unspecified atom stereocenters. The van der Waals surface area contributed by atoms with Crippen LogP contribution >= 0.6 is 11.3 Å². The molecule has 1 aliphatic rings. The maximum absolute atomic E-state index is 13.5. The van der Waals surface area contributed by atoms with Gasteiger partial charge in [0.25, 0.3) is 0 Å². The number of rotatable bonds is 3. The third-order valence-electron chi connectivity index (χ3n) is 4.91. The van der Waals surface area contributed by atoms with Gasteiger partial charge in [-0.1, -0.05) is 0 Å². The molecule has 136 valence electrons. The molecule has 5 nitrogen and oxygen atoms in total. The maximum atomic E-state index is 13.5. The number of thiazole rings is 1. The minimum absolute atomic E-state index is 0.0824. The Morgan fingerprint density at radius 1 is 1.35 bits per heavy atom. The van der Waals surface area contributed by atoms with E-state index >= 15 is 0 Å². The van der Waals surface area contributed by atoms with Gasteiger partial charge in [-0.05, 0) is 51.3 Å². The summed E-state index contributed by atoms with van der Waals surface area (Å²) in [6.45, 7) is 4.64. The highest BCUT2D eigenvalue weighted by Gasteiger charge is 2.30. The number of fused-ring (bicyclic) bond motifs is 1. The van der Waals surface area contributed by atoms with Gasteiger partial charge in [0.1, 0.15) is 11.6 Å². The van der Waals surface area contributed by atoms with Crippen molar-refractivity contribution in [3.05, 3.63) is 45.4 Å². The number of aryl methyl sites for hydroxylation is 2. The number of benzene rings is 1. The van der Waals surface area contributed by atoms with E-state index in [2.05, 4.69) is 15.0 Å². The molecule has 1 fully saturated rings. The summed E-state index contributed by atoms with van der Waals surface area (Å²) >= 11 is 1.59. The quantitative estimate of drug-likeness (QED) is 0.754. The monoisotopic (exact) mass is 372 g/mol. The van der Waals surface area contributed by atoms with Crippen LogP contribution in [0.25, 0.3) is 11.0 Å². The van der Waals surface area contributed by atoms with Crippen LogP contribution in [-0.2, 0) is 11.2 Å². The van der Waals surface area contributed by atoms with Gasteiger partial charge in [0, 0.05) is 11.4 Å². The van der Waals surface area contributed by atoms with Crippen molar-refractivity contribution in [3.8, 4) is 0 Å². The number of amides is 1. The van der Waals surface area contributed by atoms with E-state index in [-0.39, 0.29) is 17.8 Å². The highest BCUT2D eigenvalue weighted by molar-refractivity contribution is 7.11. The first kappa shape index (κ1) is 17.1. The lowest BCUT2D eigenvalue weighted by Crippen LogP contribution is -2.39. The molecule has 3 heterocycles. The molecular weight excluding hydrogens is 351 g/mol. The number of halogens is 1. The molecule has 26 heavy (non-hydrogen) atoms. The molecule has 2 aromatic heterocycles. The van der Waals surface area contributed by atoms with E-state index in [1.807, 2.05) is 18.7 Å². The Kier molecular flexibility index (Phi) is 4.48. The van der Waals surface area contributed by atoms with Gasteiger partial charge < -0.3 is 9.88 Å². The molecule has 0 aliphatic carbocycles. The first-order valence-corrected chi connectivity index (χ1v) is 9.70. The average Bonchev–Trinajstić information content (AvgIpc) is 3.17. The van der Waals surface area contributed by atoms with E-state index in [1.54, 1.807) is 17.4 Å². The highest BCUT2D eigenvalue weighted by Crippen LogP contribution is 2.31. The van der Waals surface area contributed by atoms with Crippen LogP contribution in [0.5, 0.6) is 0 Å². The molecule has 0 bridgehead atoms. The van der Waals surface area contributed by atoms with Crippen molar-refractivity contribution in [1.82, 2.24) is 19.9 Å². The van der Waals surface area contributed by atoms with Crippen molar-refractivity contribution in [2.24, 2.45) is 0 Å². The lowest BCUT2D eigenvalue weighted by molar-refractivity contribution is -0.134. The number of nitrogens with zero attached hydrogens (tertiary/aromatic N) is 3. The maximum Gasteiger partial charge on any atom is 0.228 e. The number of piperidine rings is 1. The second-order valence-corrected chi connectivity index (χ2v) is 8.09. The minimum Gasteiger partial charge on any atom is -0.340 e. The number of imidazole rings is 1. The predicted octanol–water partition coefficient (Wildman–Crippen LogP) is 4.07. The summed E-state index contributed by atoms with van der Waals surface area (Å²) < 4.78 is 13.5.